The maximum atomic E-state index is 9.01. The van der Waals surface area contributed by atoms with Crippen LogP contribution in [0.4, 0.5) is 0 Å². The molecule has 0 bridgehead atoms. The molecule has 2 rings (SSSR count). The van der Waals surface area contributed by atoms with Crippen molar-refractivity contribution in [1.82, 2.24) is 10.3 Å². The fourth-order valence-electron chi connectivity index (χ4n) is 3.88. The number of aliphatic imine (C=N–C) groups is 1. The summed E-state index contributed by atoms with van der Waals surface area (Å²) in [7, 11) is 0. The molecule has 1 aromatic heterocycles. The molecule has 1 heterocycles. The molecule has 0 unspecified atom stereocenters. The molecule has 0 aromatic carbocycles. The third kappa shape index (κ3) is 7.85. The first-order valence-corrected chi connectivity index (χ1v) is 11.0. The van der Waals surface area contributed by atoms with Crippen LogP contribution < -0.4 is 5.32 Å². The maximum Gasteiger partial charge on any atom is 0.143 e. The summed E-state index contributed by atoms with van der Waals surface area (Å²) >= 11 is 0. The summed E-state index contributed by atoms with van der Waals surface area (Å²) in [6, 6.07) is 4.13. The highest BCUT2D eigenvalue weighted by atomic mass is 16.5. The van der Waals surface area contributed by atoms with Gasteiger partial charge >= 0.3 is 0 Å². The number of nitrogens with one attached hydrogen (secondary N) is 1. The lowest BCUT2D eigenvalue weighted by Gasteiger charge is -2.26. The number of rotatable bonds is 12. The normalized spacial score (nSPS) is 16.9. The zero-order valence-electron chi connectivity index (χ0n) is 18.8. The van der Waals surface area contributed by atoms with E-state index in [-0.39, 0.29) is 11.5 Å². The van der Waals surface area contributed by atoms with Gasteiger partial charge in [0.15, 0.2) is 0 Å². The number of nitriles is 1. The number of aromatic nitrogens is 1. The molecule has 0 spiro atoms. The lowest BCUT2D eigenvalue weighted by atomic mass is 9.98. The lowest BCUT2D eigenvalue weighted by molar-refractivity contribution is -0.0307. The minimum atomic E-state index is 0.0544. The molecule has 1 fully saturated rings. The Hall–Kier alpha value is -2.29. The number of aryl methyl sites for hydroxylation is 1. The van der Waals surface area contributed by atoms with Crippen molar-refractivity contribution < 1.29 is 4.74 Å². The second-order valence-electron chi connectivity index (χ2n) is 8.37. The van der Waals surface area contributed by atoms with Crippen molar-refractivity contribution in [3.63, 3.8) is 0 Å². The molecule has 5 heteroatoms. The molecular formula is C25H36N4O. The fourth-order valence-corrected chi connectivity index (χ4v) is 3.88. The molecule has 0 radical (unpaired) electrons. The van der Waals surface area contributed by atoms with E-state index < -0.39 is 0 Å². The van der Waals surface area contributed by atoms with E-state index in [9.17, 15) is 0 Å². The highest BCUT2D eigenvalue weighted by Crippen LogP contribution is 2.33. The van der Waals surface area contributed by atoms with Crippen LogP contribution in [0.5, 0.6) is 0 Å². The van der Waals surface area contributed by atoms with Crippen molar-refractivity contribution in [3.8, 4) is 6.07 Å². The van der Waals surface area contributed by atoms with E-state index in [4.69, 9.17) is 10.00 Å². The summed E-state index contributed by atoms with van der Waals surface area (Å²) < 4.78 is 6.25. The second kappa shape index (κ2) is 12.4. The number of hydrogen-bond acceptors (Lipinski definition) is 5. The average molecular weight is 409 g/mol. The van der Waals surface area contributed by atoms with Crippen molar-refractivity contribution in [2.24, 2.45) is 10.9 Å². The van der Waals surface area contributed by atoms with E-state index in [0.717, 1.165) is 62.2 Å². The van der Waals surface area contributed by atoms with Crippen LogP contribution in [0.1, 0.15) is 69.2 Å². The van der Waals surface area contributed by atoms with Crippen molar-refractivity contribution in [3.05, 3.63) is 53.5 Å². The number of ether oxygens (including phenoxy) is 1. The van der Waals surface area contributed by atoms with Gasteiger partial charge in [0.1, 0.15) is 11.8 Å². The minimum absolute atomic E-state index is 0.0544. The Balaban J connectivity index is 1.84. The first-order valence-electron chi connectivity index (χ1n) is 11.0. The van der Waals surface area contributed by atoms with E-state index in [1.54, 1.807) is 6.20 Å². The number of hydrogen-bond donors (Lipinski definition) is 1. The number of allylic oxidation sites excluding steroid dienone is 3. The van der Waals surface area contributed by atoms with Crippen molar-refractivity contribution >= 4 is 6.21 Å². The maximum absolute atomic E-state index is 9.01. The Kier molecular flexibility index (Phi) is 9.93. The highest BCUT2D eigenvalue weighted by Gasteiger charge is 2.29. The van der Waals surface area contributed by atoms with Crippen LogP contribution in [0.15, 0.2) is 41.7 Å². The SMILES string of the molecule is C=C(/N=C\C=C/C)[C@H](CCNCc1cnc(C#N)c(C)c1)CCOC1(C)CCCC1. The molecule has 5 nitrogen and oxygen atoms in total. The molecule has 1 saturated carbocycles. The summed E-state index contributed by atoms with van der Waals surface area (Å²) in [4.78, 5) is 8.73. The highest BCUT2D eigenvalue weighted by molar-refractivity contribution is 5.71. The molecule has 0 aliphatic heterocycles. The standard InChI is InChI=1S/C25H36N4O/c1-5-6-13-28-21(3)23(10-15-30-25(4)11-7-8-12-25)9-14-27-18-22-16-20(2)24(17-26)29-19-22/h5-6,13,16,19,23,27H,3,7-12,14-15,18H2,1-2,4H3/b6-5-,28-13-/t23-/m1/s1. The number of nitrogens with zero attached hydrogens (tertiary/aromatic N) is 3. The van der Waals surface area contributed by atoms with E-state index in [0.29, 0.717) is 5.69 Å². The van der Waals surface area contributed by atoms with E-state index in [1.807, 2.05) is 38.3 Å². The predicted octanol–water partition coefficient (Wildman–Crippen LogP) is 5.26. The van der Waals surface area contributed by atoms with Crippen LogP contribution in [0.25, 0.3) is 0 Å². The Morgan fingerprint density at radius 1 is 1.43 bits per heavy atom. The Labute approximate surface area is 182 Å². The molecule has 1 aliphatic rings. The predicted molar refractivity (Wildman–Crippen MR) is 123 cm³/mol. The second-order valence-corrected chi connectivity index (χ2v) is 8.37. The first kappa shape index (κ1) is 24.0. The van der Waals surface area contributed by atoms with E-state index >= 15 is 0 Å². The van der Waals surface area contributed by atoms with Gasteiger partial charge in [0.25, 0.3) is 0 Å². The van der Waals surface area contributed by atoms with Crippen LogP contribution in [0.2, 0.25) is 0 Å². The van der Waals surface area contributed by atoms with Crippen LogP contribution in [0.3, 0.4) is 0 Å². The van der Waals surface area contributed by atoms with Crippen LogP contribution in [-0.4, -0.2) is 30.0 Å². The summed E-state index contributed by atoms with van der Waals surface area (Å²) in [5.41, 5.74) is 3.46. The quantitative estimate of drug-likeness (QED) is 0.378. The fraction of sp³-hybridized carbons (Fsp3) is 0.560. The van der Waals surface area contributed by atoms with Gasteiger partial charge in [-0.05, 0) is 70.2 Å². The molecular weight excluding hydrogens is 372 g/mol. The van der Waals surface area contributed by atoms with Gasteiger partial charge in [0.2, 0.25) is 0 Å². The third-order valence-electron chi connectivity index (χ3n) is 5.81. The van der Waals surface area contributed by atoms with Crippen molar-refractivity contribution in [2.45, 2.75) is 71.4 Å². The minimum Gasteiger partial charge on any atom is -0.375 e. The van der Waals surface area contributed by atoms with Crippen molar-refractivity contribution in [1.29, 1.82) is 5.26 Å². The van der Waals surface area contributed by atoms with Crippen molar-refractivity contribution in [2.75, 3.05) is 13.2 Å². The zero-order chi connectivity index (χ0) is 21.8. The summed E-state index contributed by atoms with van der Waals surface area (Å²) in [6.45, 7) is 12.7. The van der Waals surface area contributed by atoms with Gasteiger partial charge in [-0.25, -0.2) is 4.98 Å². The average Bonchev–Trinajstić information content (AvgIpc) is 3.16. The van der Waals surface area contributed by atoms with Gasteiger partial charge in [-0.1, -0.05) is 31.6 Å². The molecule has 1 N–H and O–H groups in total. The molecule has 0 amide bonds. The van der Waals surface area contributed by atoms with Crippen LogP contribution in [0, 0.1) is 24.2 Å². The molecule has 1 aliphatic carbocycles. The topological polar surface area (TPSA) is 70.3 Å². The molecule has 1 aromatic rings. The molecule has 162 valence electrons. The van der Waals surface area contributed by atoms with Gasteiger partial charge in [0, 0.05) is 37.2 Å². The first-order chi connectivity index (χ1) is 14.5. The van der Waals surface area contributed by atoms with Crippen LogP contribution >= 0.6 is 0 Å². The zero-order valence-corrected chi connectivity index (χ0v) is 18.8. The summed E-state index contributed by atoms with van der Waals surface area (Å²) in [5, 5.41) is 12.5. The summed E-state index contributed by atoms with van der Waals surface area (Å²) in [5.74, 6) is 0.282. The molecule has 0 saturated heterocycles. The summed E-state index contributed by atoms with van der Waals surface area (Å²) in [6.07, 6.45) is 14.2. The van der Waals surface area contributed by atoms with Gasteiger partial charge in [-0.15, -0.1) is 0 Å². The van der Waals surface area contributed by atoms with Crippen LogP contribution in [-0.2, 0) is 11.3 Å². The molecule has 30 heavy (non-hydrogen) atoms. The van der Waals surface area contributed by atoms with Gasteiger partial charge in [-0.3, -0.25) is 4.99 Å². The largest absolute Gasteiger partial charge is 0.375 e. The Morgan fingerprint density at radius 3 is 2.87 bits per heavy atom. The Bertz CT molecular complexity index is 785. The molecule has 1 atom stereocenters. The third-order valence-corrected chi connectivity index (χ3v) is 5.81. The Morgan fingerprint density at radius 2 is 2.20 bits per heavy atom. The monoisotopic (exact) mass is 408 g/mol. The van der Waals surface area contributed by atoms with Gasteiger partial charge in [-0.2, -0.15) is 5.26 Å². The van der Waals surface area contributed by atoms with E-state index in [2.05, 4.69) is 34.9 Å². The van der Waals surface area contributed by atoms with Gasteiger partial charge in [0.05, 0.1) is 5.60 Å². The van der Waals surface area contributed by atoms with Gasteiger partial charge < -0.3 is 10.1 Å². The smallest absolute Gasteiger partial charge is 0.143 e. The lowest BCUT2D eigenvalue weighted by Crippen LogP contribution is -2.26. The van der Waals surface area contributed by atoms with E-state index in [1.165, 1.54) is 12.8 Å². The number of pyridine rings is 1.